The average molecular weight is 233 g/mol. The lowest BCUT2D eigenvalue weighted by atomic mass is 10.0. The van der Waals surface area contributed by atoms with Gasteiger partial charge in [0, 0.05) is 12.2 Å². The van der Waals surface area contributed by atoms with E-state index in [-0.39, 0.29) is 11.9 Å². The molecule has 1 atom stereocenters. The van der Waals surface area contributed by atoms with Crippen LogP contribution >= 0.6 is 0 Å². The van der Waals surface area contributed by atoms with Crippen LogP contribution in [-0.2, 0) is 17.8 Å². The number of hydrogen-bond donors (Lipinski definition) is 3. The number of nitrogens with one attached hydrogen (secondary N) is 2. The van der Waals surface area contributed by atoms with Crippen LogP contribution in [0.15, 0.2) is 18.2 Å². The fraction of sp³-hybridized carbons (Fsp3) is 0.462. The predicted octanol–water partition coefficient (Wildman–Crippen LogP) is 0.809. The highest BCUT2D eigenvalue weighted by Gasteiger charge is 2.23. The minimum absolute atomic E-state index is 0.00105. The Balaban J connectivity index is 1.98. The summed E-state index contributed by atoms with van der Waals surface area (Å²) in [5.74, 6) is 0.0840. The van der Waals surface area contributed by atoms with E-state index in [2.05, 4.69) is 17.6 Å². The molecule has 0 saturated carbocycles. The molecule has 0 aliphatic carbocycles. The van der Waals surface area contributed by atoms with Crippen molar-refractivity contribution in [2.24, 2.45) is 0 Å². The van der Waals surface area contributed by atoms with E-state index in [0.29, 0.717) is 6.54 Å². The van der Waals surface area contributed by atoms with E-state index in [1.807, 2.05) is 18.2 Å². The van der Waals surface area contributed by atoms with E-state index in [0.717, 1.165) is 36.2 Å². The van der Waals surface area contributed by atoms with Crippen LogP contribution in [0.5, 0.6) is 0 Å². The molecule has 1 aromatic carbocycles. The molecule has 1 amide bonds. The lowest BCUT2D eigenvalue weighted by Gasteiger charge is -2.26. The number of nitrogen functional groups attached to an aromatic ring is 1. The molecule has 0 unspecified atom stereocenters. The number of carbonyl (C=O) groups excluding carboxylic acids is 1. The summed E-state index contributed by atoms with van der Waals surface area (Å²) in [5, 5.41) is 6.03. The molecular weight excluding hydrogens is 214 g/mol. The molecule has 92 valence electrons. The van der Waals surface area contributed by atoms with Crippen molar-refractivity contribution in [1.82, 2.24) is 10.6 Å². The van der Waals surface area contributed by atoms with Crippen LogP contribution in [0.3, 0.4) is 0 Å². The monoisotopic (exact) mass is 233 g/mol. The second-order valence-electron chi connectivity index (χ2n) is 4.35. The van der Waals surface area contributed by atoms with Crippen LogP contribution < -0.4 is 16.4 Å². The Kier molecular flexibility index (Phi) is 3.64. The standard InChI is InChI=1S/C13H19N3O/c1-2-10-9(4-3-5-11(10)14)8-16-13(17)12-6-7-15-12/h3-5,12,15H,2,6-8,14H2,1H3,(H,16,17)/t12-/m0/s1. The minimum Gasteiger partial charge on any atom is -0.398 e. The Hall–Kier alpha value is -1.55. The van der Waals surface area contributed by atoms with Gasteiger partial charge in [0.15, 0.2) is 0 Å². The normalized spacial score (nSPS) is 18.5. The number of rotatable bonds is 4. The second-order valence-corrected chi connectivity index (χ2v) is 4.35. The van der Waals surface area contributed by atoms with Gasteiger partial charge in [-0.1, -0.05) is 19.1 Å². The van der Waals surface area contributed by atoms with Gasteiger partial charge >= 0.3 is 0 Å². The third-order valence-corrected chi connectivity index (χ3v) is 3.26. The zero-order valence-corrected chi connectivity index (χ0v) is 10.1. The number of benzene rings is 1. The largest absolute Gasteiger partial charge is 0.398 e. The van der Waals surface area contributed by atoms with Crippen molar-refractivity contribution < 1.29 is 4.79 Å². The van der Waals surface area contributed by atoms with Gasteiger partial charge < -0.3 is 16.4 Å². The molecule has 4 heteroatoms. The Labute approximate surface area is 102 Å². The molecule has 2 rings (SSSR count). The van der Waals surface area contributed by atoms with E-state index in [1.54, 1.807) is 0 Å². The van der Waals surface area contributed by atoms with Crippen LogP contribution in [0.2, 0.25) is 0 Å². The Morgan fingerprint density at radius 3 is 2.94 bits per heavy atom. The van der Waals surface area contributed by atoms with Gasteiger partial charge in [0.2, 0.25) is 5.91 Å². The van der Waals surface area contributed by atoms with E-state index < -0.39 is 0 Å². The van der Waals surface area contributed by atoms with Crippen molar-refractivity contribution in [2.75, 3.05) is 12.3 Å². The van der Waals surface area contributed by atoms with E-state index in [1.165, 1.54) is 0 Å². The summed E-state index contributed by atoms with van der Waals surface area (Å²) < 4.78 is 0. The molecule has 1 saturated heterocycles. The minimum atomic E-state index is 0.00105. The van der Waals surface area contributed by atoms with Gasteiger partial charge in [0.25, 0.3) is 0 Å². The van der Waals surface area contributed by atoms with Crippen LogP contribution in [0.1, 0.15) is 24.5 Å². The smallest absolute Gasteiger partial charge is 0.237 e. The third-order valence-electron chi connectivity index (χ3n) is 3.26. The summed E-state index contributed by atoms with van der Waals surface area (Å²) in [6.07, 6.45) is 1.82. The van der Waals surface area contributed by atoms with Crippen molar-refractivity contribution in [2.45, 2.75) is 32.4 Å². The van der Waals surface area contributed by atoms with Crippen molar-refractivity contribution in [3.8, 4) is 0 Å². The van der Waals surface area contributed by atoms with Crippen molar-refractivity contribution in [1.29, 1.82) is 0 Å². The maximum Gasteiger partial charge on any atom is 0.237 e. The van der Waals surface area contributed by atoms with Gasteiger partial charge in [-0.25, -0.2) is 0 Å². The molecule has 1 fully saturated rings. The highest BCUT2D eigenvalue weighted by molar-refractivity contribution is 5.82. The molecule has 4 N–H and O–H groups in total. The van der Waals surface area contributed by atoms with Crippen molar-refractivity contribution in [3.05, 3.63) is 29.3 Å². The molecule has 0 radical (unpaired) electrons. The Morgan fingerprint density at radius 2 is 2.35 bits per heavy atom. The maximum absolute atomic E-state index is 11.7. The van der Waals surface area contributed by atoms with Gasteiger partial charge in [-0.05, 0) is 36.6 Å². The second kappa shape index (κ2) is 5.19. The number of hydrogen-bond acceptors (Lipinski definition) is 3. The molecule has 1 aliphatic rings. The zero-order chi connectivity index (χ0) is 12.3. The fourth-order valence-electron chi connectivity index (χ4n) is 2.07. The first kappa shape index (κ1) is 11.9. The number of nitrogens with two attached hydrogens (primary N) is 1. The first-order valence-electron chi connectivity index (χ1n) is 6.09. The topological polar surface area (TPSA) is 67.1 Å². The van der Waals surface area contributed by atoms with E-state index >= 15 is 0 Å². The Morgan fingerprint density at radius 1 is 1.59 bits per heavy atom. The quantitative estimate of drug-likeness (QED) is 0.674. The fourth-order valence-corrected chi connectivity index (χ4v) is 2.07. The SMILES string of the molecule is CCc1c(N)cccc1CNC(=O)[C@@H]1CCN1. The van der Waals surface area contributed by atoms with Gasteiger partial charge in [-0.3, -0.25) is 4.79 Å². The first-order chi connectivity index (χ1) is 8.22. The maximum atomic E-state index is 11.7. The molecule has 1 aromatic rings. The van der Waals surface area contributed by atoms with Crippen LogP contribution in [0.25, 0.3) is 0 Å². The summed E-state index contributed by atoms with van der Waals surface area (Å²) >= 11 is 0. The summed E-state index contributed by atoms with van der Waals surface area (Å²) in [6, 6.07) is 5.85. The van der Waals surface area contributed by atoms with Gasteiger partial charge in [0.05, 0.1) is 6.04 Å². The molecule has 1 heterocycles. The molecule has 17 heavy (non-hydrogen) atoms. The van der Waals surface area contributed by atoms with Crippen molar-refractivity contribution in [3.63, 3.8) is 0 Å². The molecule has 0 bridgehead atoms. The van der Waals surface area contributed by atoms with Crippen LogP contribution in [-0.4, -0.2) is 18.5 Å². The molecular formula is C13H19N3O. The predicted molar refractivity (Wildman–Crippen MR) is 68.5 cm³/mol. The van der Waals surface area contributed by atoms with Gasteiger partial charge in [-0.15, -0.1) is 0 Å². The van der Waals surface area contributed by atoms with Crippen molar-refractivity contribution >= 4 is 11.6 Å². The average Bonchev–Trinajstić information content (AvgIpc) is 2.24. The summed E-state index contributed by atoms with van der Waals surface area (Å²) in [6.45, 7) is 3.58. The summed E-state index contributed by atoms with van der Waals surface area (Å²) in [5.41, 5.74) is 8.96. The molecule has 0 aromatic heterocycles. The van der Waals surface area contributed by atoms with Gasteiger partial charge in [-0.2, -0.15) is 0 Å². The molecule has 0 spiro atoms. The first-order valence-corrected chi connectivity index (χ1v) is 6.09. The van der Waals surface area contributed by atoms with Crippen LogP contribution in [0.4, 0.5) is 5.69 Å². The van der Waals surface area contributed by atoms with E-state index in [9.17, 15) is 4.79 Å². The Bertz CT molecular complexity index is 413. The molecule has 1 aliphatic heterocycles. The molecule has 4 nitrogen and oxygen atoms in total. The zero-order valence-electron chi connectivity index (χ0n) is 10.1. The number of carbonyl (C=O) groups is 1. The summed E-state index contributed by atoms with van der Waals surface area (Å²) in [7, 11) is 0. The van der Waals surface area contributed by atoms with E-state index in [4.69, 9.17) is 5.73 Å². The van der Waals surface area contributed by atoms with Crippen LogP contribution in [0, 0.1) is 0 Å². The lowest BCUT2D eigenvalue weighted by molar-refractivity contribution is -0.124. The highest BCUT2D eigenvalue weighted by Crippen LogP contribution is 2.17. The number of anilines is 1. The third kappa shape index (κ3) is 2.58. The highest BCUT2D eigenvalue weighted by atomic mass is 16.2. The lowest BCUT2D eigenvalue weighted by Crippen LogP contribution is -2.53. The summed E-state index contributed by atoms with van der Waals surface area (Å²) in [4.78, 5) is 11.7. The van der Waals surface area contributed by atoms with Gasteiger partial charge in [0.1, 0.15) is 0 Å². The number of amides is 1.